The van der Waals surface area contributed by atoms with E-state index in [0.29, 0.717) is 11.3 Å². The van der Waals surface area contributed by atoms with E-state index in [9.17, 15) is 9.90 Å². The third kappa shape index (κ3) is 2.09. The predicted molar refractivity (Wildman–Crippen MR) is 56.9 cm³/mol. The first-order valence-corrected chi connectivity index (χ1v) is 4.65. The summed E-state index contributed by atoms with van der Waals surface area (Å²) >= 11 is 0. The van der Waals surface area contributed by atoms with Gasteiger partial charge in [0.25, 0.3) is 0 Å². The van der Waals surface area contributed by atoms with Crippen molar-refractivity contribution in [3.05, 3.63) is 23.3 Å². The molecule has 0 aromatic heterocycles. The number of aliphatic hydroxyl groups is 1. The van der Waals surface area contributed by atoms with E-state index in [1.165, 1.54) is 14.2 Å². The molecule has 1 rings (SSSR count). The van der Waals surface area contributed by atoms with Gasteiger partial charge in [0.2, 0.25) is 0 Å². The van der Waals surface area contributed by atoms with Crippen LogP contribution in [-0.2, 0) is 4.79 Å². The third-order valence-electron chi connectivity index (χ3n) is 2.31. The molecule has 0 spiro atoms. The number of hydrogen-bond acceptors (Lipinski definition) is 4. The molecule has 1 atom stereocenters. The summed E-state index contributed by atoms with van der Waals surface area (Å²) in [6, 6.07) is 3.33. The largest absolute Gasteiger partial charge is 0.493 e. The highest BCUT2D eigenvalue weighted by molar-refractivity contribution is 5.76. The number of carboxylic acid groups (broad SMARTS) is 1. The molecule has 88 valence electrons. The van der Waals surface area contributed by atoms with Crippen molar-refractivity contribution < 1.29 is 24.5 Å². The van der Waals surface area contributed by atoms with Gasteiger partial charge >= 0.3 is 5.97 Å². The van der Waals surface area contributed by atoms with E-state index in [4.69, 9.17) is 14.6 Å². The van der Waals surface area contributed by atoms with Crippen molar-refractivity contribution in [3.63, 3.8) is 0 Å². The molecule has 0 saturated carbocycles. The van der Waals surface area contributed by atoms with E-state index in [-0.39, 0.29) is 11.3 Å². The lowest BCUT2D eigenvalue weighted by molar-refractivity contribution is -0.147. The second kappa shape index (κ2) is 4.85. The number of ether oxygens (including phenoxy) is 2. The van der Waals surface area contributed by atoms with E-state index in [1.807, 2.05) is 0 Å². The minimum atomic E-state index is -1.62. The van der Waals surface area contributed by atoms with Crippen LogP contribution in [0.25, 0.3) is 0 Å². The fourth-order valence-electron chi connectivity index (χ4n) is 1.51. The number of aryl methyl sites for hydroxylation is 1. The van der Waals surface area contributed by atoms with Crippen molar-refractivity contribution >= 4 is 5.97 Å². The van der Waals surface area contributed by atoms with Crippen LogP contribution < -0.4 is 9.47 Å². The Kier molecular flexibility index (Phi) is 3.73. The van der Waals surface area contributed by atoms with Gasteiger partial charge in [-0.25, -0.2) is 4.79 Å². The molecule has 0 aliphatic heterocycles. The van der Waals surface area contributed by atoms with Gasteiger partial charge in [-0.1, -0.05) is 6.07 Å². The monoisotopic (exact) mass is 226 g/mol. The molecule has 2 N–H and O–H groups in total. The Balaban J connectivity index is 3.39. The summed E-state index contributed by atoms with van der Waals surface area (Å²) in [5.74, 6) is -0.685. The number of methoxy groups -OCH3 is 2. The predicted octanol–water partition coefficient (Wildman–Crippen LogP) is 1.13. The van der Waals surface area contributed by atoms with Crippen molar-refractivity contribution in [3.8, 4) is 11.5 Å². The van der Waals surface area contributed by atoms with Crippen molar-refractivity contribution in [1.82, 2.24) is 0 Å². The summed E-state index contributed by atoms with van der Waals surface area (Å²) in [7, 11) is 2.85. The highest BCUT2D eigenvalue weighted by Gasteiger charge is 2.24. The SMILES string of the molecule is COc1ccc(C)c(C(O)C(=O)O)c1OC. The number of benzene rings is 1. The molecule has 0 bridgehead atoms. The lowest BCUT2D eigenvalue weighted by Crippen LogP contribution is -2.13. The summed E-state index contributed by atoms with van der Waals surface area (Å²) in [5.41, 5.74) is 0.849. The van der Waals surface area contributed by atoms with E-state index in [1.54, 1.807) is 19.1 Å². The van der Waals surface area contributed by atoms with E-state index >= 15 is 0 Å². The fourth-order valence-corrected chi connectivity index (χ4v) is 1.51. The average molecular weight is 226 g/mol. The maximum absolute atomic E-state index is 10.8. The molecular formula is C11H14O5. The number of carbonyl (C=O) groups is 1. The van der Waals surface area contributed by atoms with Crippen molar-refractivity contribution in [2.75, 3.05) is 14.2 Å². The van der Waals surface area contributed by atoms with Crippen LogP contribution in [0.15, 0.2) is 12.1 Å². The number of aliphatic carboxylic acids is 1. The molecule has 0 aliphatic carbocycles. The van der Waals surface area contributed by atoms with Crippen LogP contribution in [0.3, 0.4) is 0 Å². The van der Waals surface area contributed by atoms with Gasteiger partial charge in [-0.05, 0) is 18.6 Å². The highest BCUT2D eigenvalue weighted by atomic mass is 16.5. The van der Waals surface area contributed by atoms with Gasteiger partial charge in [-0.3, -0.25) is 0 Å². The highest BCUT2D eigenvalue weighted by Crippen LogP contribution is 2.37. The quantitative estimate of drug-likeness (QED) is 0.804. The molecule has 0 fully saturated rings. The standard InChI is InChI=1S/C11H14O5/c1-6-4-5-7(15-2)10(16-3)8(6)9(12)11(13)14/h4-5,9,12H,1-3H3,(H,13,14). The average Bonchev–Trinajstić information content (AvgIpc) is 2.27. The summed E-state index contributed by atoms with van der Waals surface area (Å²) in [4.78, 5) is 10.8. The van der Waals surface area contributed by atoms with Gasteiger partial charge in [0.1, 0.15) is 0 Å². The molecule has 5 nitrogen and oxygen atoms in total. The minimum absolute atomic E-state index is 0.217. The van der Waals surface area contributed by atoms with Crippen LogP contribution in [-0.4, -0.2) is 30.4 Å². The molecule has 0 heterocycles. The van der Waals surface area contributed by atoms with Gasteiger partial charge in [0.15, 0.2) is 17.6 Å². The van der Waals surface area contributed by atoms with Crippen LogP contribution in [0.2, 0.25) is 0 Å². The van der Waals surface area contributed by atoms with Gasteiger partial charge in [0.05, 0.1) is 14.2 Å². The van der Waals surface area contributed by atoms with Crippen LogP contribution in [0.1, 0.15) is 17.2 Å². The Morgan fingerprint density at radius 3 is 2.38 bits per heavy atom. The molecule has 1 aromatic carbocycles. The number of rotatable bonds is 4. The number of carboxylic acids is 1. The van der Waals surface area contributed by atoms with Crippen molar-refractivity contribution in [2.24, 2.45) is 0 Å². The summed E-state index contributed by atoms with van der Waals surface area (Å²) in [6.45, 7) is 1.70. The van der Waals surface area contributed by atoms with Crippen LogP contribution in [0, 0.1) is 6.92 Å². The zero-order valence-electron chi connectivity index (χ0n) is 9.35. The van der Waals surface area contributed by atoms with Gasteiger partial charge in [0, 0.05) is 5.56 Å². The Bertz CT molecular complexity index is 400. The number of aliphatic hydroxyl groups excluding tert-OH is 1. The van der Waals surface area contributed by atoms with E-state index in [2.05, 4.69) is 0 Å². The molecule has 1 aromatic rings. The van der Waals surface area contributed by atoms with E-state index in [0.717, 1.165) is 0 Å². The first-order valence-electron chi connectivity index (χ1n) is 4.65. The topological polar surface area (TPSA) is 76.0 Å². The minimum Gasteiger partial charge on any atom is -0.493 e. The lowest BCUT2D eigenvalue weighted by Gasteiger charge is -2.16. The van der Waals surface area contributed by atoms with Gasteiger partial charge < -0.3 is 19.7 Å². The Morgan fingerprint density at radius 2 is 1.94 bits per heavy atom. The van der Waals surface area contributed by atoms with Crippen molar-refractivity contribution in [1.29, 1.82) is 0 Å². The van der Waals surface area contributed by atoms with Crippen LogP contribution >= 0.6 is 0 Å². The Labute approximate surface area is 93.2 Å². The zero-order chi connectivity index (χ0) is 12.3. The maximum Gasteiger partial charge on any atom is 0.337 e. The second-order valence-electron chi connectivity index (χ2n) is 3.27. The summed E-state index contributed by atoms with van der Waals surface area (Å²) in [5, 5.41) is 18.4. The smallest absolute Gasteiger partial charge is 0.337 e. The maximum atomic E-state index is 10.8. The molecule has 0 aliphatic rings. The van der Waals surface area contributed by atoms with Gasteiger partial charge in [-0.2, -0.15) is 0 Å². The molecule has 0 saturated heterocycles. The molecule has 16 heavy (non-hydrogen) atoms. The summed E-state index contributed by atoms with van der Waals surface area (Å²) in [6.07, 6.45) is -1.62. The zero-order valence-corrected chi connectivity index (χ0v) is 9.35. The van der Waals surface area contributed by atoms with Crippen LogP contribution in [0.5, 0.6) is 11.5 Å². The molecule has 0 amide bonds. The first kappa shape index (κ1) is 12.3. The molecule has 1 unspecified atom stereocenters. The Morgan fingerprint density at radius 1 is 1.31 bits per heavy atom. The summed E-state index contributed by atoms with van der Waals surface area (Å²) < 4.78 is 10.1. The normalized spacial score (nSPS) is 12.0. The molecule has 0 radical (unpaired) electrons. The van der Waals surface area contributed by atoms with E-state index < -0.39 is 12.1 Å². The molecule has 5 heteroatoms. The Hall–Kier alpha value is -1.75. The number of hydrogen-bond donors (Lipinski definition) is 2. The molecular weight excluding hydrogens is 212 g/mol. The van der Waals surface area contributed by atoms with Crippen LogP contribution in [0.4, 0.5) is 0 Å². The van der Waals surface area contributed by atoms with Crippen molar-refractivity contribution in [2.45, 2.75) is 13.0 Å². The fraction of sp³-hybridized carbons (Fsp3) is 0.364. The first-order chi connectivity index (χ1) is 7.52. The van der Waals surface area contributed by atoms with Gasteiger partial charge in [-0.15, -0.1) is 0 Å². The second-order valence-corrected chi connectivity index (χ2v) is 3.27. The third-order valence-corrected chi connectivity index (χ3v) is 2.31. The lowest BCUT2D eigenvalue weighted by atomic mass is 10.0.